The molecule has 8 heteroatoms. The summed E-state index contributed by atoms with van der Waals surface area (Å²) in [6.45, 7) is 1.71. The van der Waals surface area contributed by atoms with Gasteiger partial charge in [0.1, 0.15) is 17.6 Å². The van der Waals surface area contributed by atoms with Crippen LogP contribution in [0.2, 0.25) is 0 Å². The number of primary amides is 1. The van der Waals surface area contributed by atoms with E-state index < -0.39 is 17.8 Å². The second-order valence-corrected chi connectivity index (χ2v) is 6.39. The summed E-state index contributed by atoms with van der Waals surface area (Å²) in [5.41, 5.74) is 7.38. The molecule has 28 heavy (non-hydrogen) atoms. The number of hydrogen-bond acceptors (Lipinski definition) is 5. The topological polar surface area (TPSA) is 95.1 Å². The van der Waals surface area contributed by atoms with Crippen molar-refractivity contribution in [3.05, 3.63) is 71.2 Å². The van der Waals surface area contributed by atoms with Crippen molar-refractivity contribution in [2.45, 2.75) is 13.0 Å². The molecule has 2 heterocycles. The van der Waals surface area contributed by atoms with Crippen molar-refractivity contribution in [1.29, 1.82) is 0 Å². The van der Waals surface area contributed by atoms with Gasteiger partial charge in [0, 0.05) is 16.8 Å². The molecular weight excluding hydrogens is 361 g/mol. The van der Waals surface area contributed by atoms with E-state index in [4.69, 9.17) is 10.5 Å². The average molecular weight is 379 g/mol. The smallest absolute Gasteiger partial charge is 0.248 e. The Kier molecular flexibility index (Phi) is 4.31. The Bertz CT molecular complexity index is 1110. The lowest BCUT2D eigenvalue weighted by atomic mass is 9.95. The van der Waals surface area contributed by atoms with Crippen molar-refractivity contribution >= 4 is 11.9 Å². The summed E-state index contributed by atoms with van der Waals surface area (Å²) in [5.74, 6) is 0.374. The van der Waals surface area contributed by atoms with Gasteiger partial charge in [-0.15, -0.1) is 5.10 Å². The molecule has 1 aliphatic heterocycles. The van der Waals surface area contributed by atoms with Gasteiger partial charge in [0.2, 0.25) is 11.9 Å². The van der Waals surface area contributed by atoms with Gasteiger partial charge in [0.05, 0.1) is 12.7 Å². The van der Waals surface area contributed by atoms with Gasteiger partial charge < -0.3 is 15.8 Å². The Balaban J connectivity index is 1.89. The molecule has 0 radical (unpaired) electrons. The Morgan fingerprint density at radius 1 is 1.25 bits per heavy atom. The Morgan fingerprint density at radius 2 is 2.04 bits per heavy atom. The predicted molar refractivity (Wildman–Crippen MR) is 102 cm³/mol. The minimum atomic E-state index is -0.818. The zero-order valence-electron chi connectivity index (χ0n) is 15.3. The summed E-state index contributed by atoms with van der Waals surface area (Å²) in [7, 11) is 1.58. The summed E-state index contributed by atoms with van der Waals surface area (Å²) in [4.78, 5) is 16.7. The molecule has 2 aromatic carbocycles. The van der Waals surface area contributed by atoms with Crippen LogP contribution in [0.4, 0.5) is 10.3 Å². The number of halogens is 1. The van der Waals surface area contributed by atoms with Gasteiger partial charge in [0.25, 0.3) is 0 Å². The van der Waals surface area contributed by atoms with E-state index in [9.17, 15) is 9.18 Å². The lowest BCUT2D eigenvalue weighted by molar-refractivity contribution is -0.115. The van der Waals surface area contributed by atoms with Crippen LogP contribution in [-0.2, 0) is 4.79 Å². The molecule has 0 fully saturated rings. The first-order chi connectivity index (χ1) is 13.5. The lowest BCUT2D eigenvalue weighted by Gasteiger charge is -2.27. The third-order valence-electron chi connectivity index (χ3n) is 4.65. The number of nitrogens with one attached hydrogen (secondary N) is 1. The largest absolute Gasteiger partial charge is 0.497 e. The average Bonchev–Trinajstić information content (AvgIpc) is 3.11. The predicted octanol–water partition coefficient (Wildman–Crippen LogP) is 2.87. The molecule has 0 saturated carbocycles. The fourth-order valence-corrected chi connectivity index (χ4v) is 3.34. The number of allylic oxidation sites excluding steroid dienone is 1. The molecule has 3 aromatic rings. The van der Waals surface area contributed by atoms with E-state index in [0.717, 1.165) is 5.56 Å². The van der Waals surface area contributed by atoms with Crippen molar-refractivity contribution in [2.24, 2.45) is 5.73 Å². The van der Waals surface area contributed by atoms with Gasteiger partial charge in [-0.2, -0.15) is 4.98 Å². The number of aromatic nitrogens is 3. The van der Waals surface area contributed by atoms with Gasteiger partial charge in [-0.25, -0.2) is 9.07 Å². The molecule has 3 N–H and O–H groups in total. The van der Waals surface area contributed by atoms with Crippen LogP contribution >= 0.6 is 0 Å². The summed E-state index contributed by atoms with van der Waals surface area (Å²) < 4.78 is 21.3. The van der Waals surface area contributed by atoms with E-state index in [1.807, 2.05) is 18.2 Å². The number of nitrogens with two attached hydrogens (primary N) is 1. The molecule has 0 spiro atoms. The minimum Gasteiger partial charge on any atom is -0.497 e. The number of amides is 1. The molecule has 7 nitrogen and oxygen atoms in total. The second kappa shape index (κ2) is 6.80. The molecule has 1 atom stereocenters. The molecule has 1 amide bonds. The fraction of sp³-hybridized carbons (Fsp3) is 0.150. The number of rotatable bonds is 4. The highest BCUT2D eigenvalue weighted by Crippen LogP contribution is 2.37. The van der Waals surface area contributed by atoms with Gasteiger partial charge in [-0.3, -0.25) is 4.79 Å². The Morgan fingerprint density at radius 3 is 2.75 bits per heavy atom. The number of carbonyl (C=O) groups excluding carboxylic acids is 1. The summed E-state index contributed by atoms with van der Waals surface area (Å²) in [6.07, 6.45) is 0. The number of methoxy groups -OCH3 is 1. The van der Waals surface area contributed by atoms with Gasteiger partial charge >= 0.3 is 0 Å². The number of carbonyl (C=O) groups is 1. The van der Waals surface area contributed by atoms with Crippen molar-refractivity contribution < 1.29 is 13.9 Å². The van der Waals surface area contributed by atoms with Crippen LogP contribution in [-0.4, -0.2) is 27.8 Å². The first-order valence-corrected chi connectivity index (χ1v) is 8.62. The monoisotopic (exact) mass is 379 g/mol. The molecular formula is C20H18FN5O2. The maximum Gasteiger partial charge on any atom is 0.248 e. The SMILES string of the molecule is COc1cccc(-c2nc3n(n2)C(c2ccccc2F)C(C(N)=O)=C(C)N3)c1. The van der Waals surface area contributed by atoms with Crippen LogP contribution in [0.5, 0.6) is 5.75 Å². The summed E-state index contributed by atoms with van der Waals surface area (Å²) in [5, 5.41) is 7.59. The van der Waals surface area contributed by atoms with Gasteiger partial charge in [0.15, 0.2) is 5.82 Å². The van der Waals surface area contributed by atoms with Crippen LogP contribution < -0.4 is 15.8 Å². The number of nitrogens with zero attached hydrogens (tertiary/aromatic N) is 3. The number of benzene rings is 2. The van der Waals surface area contributed by atoms with E-state index in [1.54, 1.807) is 38.3 Å². The van der Waals surface area contributed by atoms with Crippen molar-refractivity contribution in [3.63, 3.8) is 0 Å². The highest BCUT2D eigenvalue weighted by atomic mass is 19.1. The fourth-order valence-electron chi connectivity index (χ4n) is 3.34. The van der Waals surface area contributed by atoms with Gasteiger partial charge in [-0.1, -0.05) is 30.3 Å². The van der Waals surface area contributed by atoms with Crippen LogP contribution in [0.3, 0.4) is 0 Å². The number of fused-ring (bicyclic) bond motifs is 1. The molecule has 1 unspecified atom stereocenters. The molecule has 0 bridgehead atoms. The summed E-state index contributed by atoms with van der Waals surface area (Å²) in [6, 6.07) is 12.7. The molecule has 0 saturated heterocycles. The van der Waals surface area contributed by atoms with E-state index >= 15 is 0 Å². The zero-order chi connectivity index (χ0) is 19.8. The van der Waals surface area contributed by atoms with Crippen LogP contribution in [0.25, 0.3) is 11.4 Å². The summed E-state index contributed by atoms with van der Waals surface area (Å²) >= 11 is 0. The lowest BCUT2D eigenvalue weighted by Crippen LogP contribution is -2.32. The normalized spacial score (nSPS) is 15.8. The highest BCUT2D eigenvalue weighted by Gasteiger charge is 2.34. The standard InChI is InChI=1S/C20H18FN5O2/c1-11-16(18(22)27)17(14-8-3-4-9-15(14)21)26-20(23-11)24-19(25-26)12-6-5-7-13(10-12)28-2/h3-10,17H,1-2H3,(H2,22,27)(H,23,24,25). The molecule has 4 rings (SSSR count). The molecule has 142 valence electrons. The van der Waals surface area contributed by atoms with E-state index in [-0.39, 0.29) is 5.57 Å². The highest BCUT2D eigenvalue weighted by molar-refractivity contribution is 5.95. The van der Waals surface area contributed by atoms with Crippen molar-refractivity contribution in [2.75, 3.05) is 12.4 Å². The van der Waals surface area contributed by atoms with Crippen molar-refractivity contribution in [3.8, 4) is 17.1 Å². The first-order valence-electron chi connectivity index (χ1n) is 8.62. The maximum atomic E-state index is 14.6. The minimum absolute atomic E-state index is 0.236. The number of anilines is 1. The van der Waals surface area contributed by atoms with Crippen molar-refractivity contribution in [1.82, 2.24) is 14.8 Å². The zero-order valence-corrected chi connectivity index (χ0v) is 15.3. The van der Waals surface area contributed by atoms with E-state index in [2.05, 4.69) is 15.4 Å². The van der Waals surface area contributed by atoms with Gasteiger partial charge in [-0.05, 0) is 25.1 Å². The van der Waals surface area contributed by atoms with Crippen LogP contribution in [0.1, 0.15) is 18.5 Å². The van der Waals surface area contributed by atoms with E-state index in [0.29, 0.717) is 28.8 Å². The van der Waals surface area contributed by atoms with Crippen LogP contribution in [0.15, 0.2) is 59.8 Å². The number of hydrogen-bond donors (Lipinski definition) is 2. The maximum absolute atomic E-state index is 14.6. The van der Waals surface area contributed by atoms with Crippen LogP contribution in [0, 0.1) is 5.82 Å². The number of ether oxygens (including phenoxy) is 1. The Hall–Kier alpha value is -3.68. The third-order valence-corrected chi connectivity index (χ3v) is 4.65. The second-order valence-electron chi connectivity index (χ2n) is 6.39. The molecule has 0 aliphatic carbocycles. The first kappa shape index (κ1) is 17.7. The quantitative estimate of drug-likeness (QED) is 0.727. The third kappa shape index (κ3) is 2.88. The molecule has 1 aliphatic rings. The molecule has 1 aromatic heterocycles. The Labute approximate surface area is 160 Å². The van der Waals surface area contributed by atoms with E-state index in [1.165, 1.54) is 10.7 Å².